The summed E-state index contributed by atoms with van der Waals surface area (Å²) in [7, 11) is 1.68. The normalized spacial score (nSPS) is 7.00. The fraction of sp³-hybridized carbons (Fsp3) is 0.812. The first-order valence-corrected chi connectivity index (χ1v) is 6.42. The maximum atomic E-state index is 5.10. The lowest BCUT2D eigenvalue weighted by molar-refractivity contribution is 0.215. The van der Waals surface area contributed by atoms with E-state index >= 15 is 0 Å². The van der Waals surface area contributed by atoms with Gasteiger partial charge in [0.1, 0.15) is 5.76 Å². The van der Waals surface area contributed by atoms with Gasteiger partial charge in [-0.15, -0.1) is 0 Å². The molecule has 0 amide bonds. The van der Waals surface area contributed by atoms with Crippen molar-refractivity contribution >= 4 is 0 Å². The highest BCUT2D eigenvalue weighted by molar-refractivity contribution is 5.03. The third kappa shape index (κ3) is 26.7. The van der Waals surface area contributed by atoms with E-state index in [-0.39, 0.29) is 14.9 Å². The third-order valence-corrected chi connectivity index (χ3v) is 1.42. The van der Waals surface area contributed by atoms with Crippen LogP contribution in [0.3, 0.4) is 0 Å². The predicted molar refractivity (Wildman–Crippen MR) is 89.0 cm³/mol. The maximum Gasteiger partial charge on any atom is 0.191 e. The summed E-state index contributed by atoms with van der Waals surface area (Å²) in [5, 5.41) is 0. The molecule has 0 atom stereocenters. The number of hydrogen-bond donors (Lipinski definition) is 0. The Balaban J connectivity index is -0.0000000519. The van der Waals surface area contributed by atoms with E-state index in [1.54, 1.807) is 7.11 Å². The van der Waals surface area contributed by atoms with Gasteiger partial charge in [0.2, 0.25) is 0 Å². The number of oxazole rings is 1. The fourth-order valence-electron chi connectivity index (χ4n) is 0.633. The minimum atomic E-state index is 0. The molecule has 0 radical (unpaired) electrons. The van der Waals surface area contributed by atoms with Gasteiger partial charge >= 0.3 is 0 Å². The lowest BCUT2D eigenvalue weighted by Crippen LogP contribution is -1.73. The monoisotopic (exact) mass is 277 g/mol. The summed E-state index contributed by atoms with van der Waals surface area (Å²) in [4.78, 5) is 4.04. The molecule has 0 N–H and O–H groups in total. The van der Waals surface area contributed by atoms with Crippen molar-refractivity contribution in [3.05, 3.63) is 17.3 Å². The van der Waals surface area contributed by atoms with Gasteiger partial charge in [-0.3, -0.25) is 0 Å². The first kappa shape index (κ1) is 30.9. The minimum Gasteiger partial charge on any atom is -0.446 e. The molecule has 3 nitrogen and oxygen atoms in total. The van der Waals surface area contributed by atoms with Gasteiger partial charge < -0.3 is 9.15 Å². The van der Waals surface area contributed by atoms with Crippen LogP contribution in [0.4, 0.5) is 0 Å². The van der Waals surface area contributed by atoms with Crippen LogP contribution >= 0.6 is 0 Å². The quantitative estimate of drug-likeness (QED) is 0.634. The van der Waals surface area contributed by atoms with Crippen LogP contribution in [0.25, 0.3) is 0 Å². The Labute approximate surface area is 122 Å². The van der Waals surface area contributed by atoms with E-state index in [1.807, 2.05) is 41.5 Å². The molecule has 0 aliphatic rings. The molecule has 0 aromatic carbocycles. The lowest BCUT2D eigenvalue weighted by Gasteiger charge is -1.77. The largest absolute Gasteiger partial charge is 0.446 e. The highest BCUT2D eigenvalue weighted by Crippen LogP contribution is 2.05. The highest BCUT2D eigenvalue weighted by Gasteiger charge is 1.97. The molecule has 1 aromatic rings. The predicted octanol–water partition coefficient (Wildman–Crippen LogP) is 5.97. The van der Waals surface area contributed by atoms with Crippen molar-refractivity contribution < 1.29 is 9.15 Å². The Bertz CT molecular complexity index is 211. The first-order chi connectivity index (χ1) is 8.03. The molecule has 0 bridgehead atoms. The van der Waals surface area contributed by atoms with Gasteiger partial charge in [0.25, 0.3) is 0 Å². The summed E-state index contributed by atoms with van der Waals surface area (Å²) in [5.41, 5.74) is 0.988. The van der Waals surface area contributed by atoms with Crippen molar-refractivity contribution in [1.82, 2.24) is 4.98 Å². The van der Waals surface area contributed by atoms with Gasteiger partial charge in [-0.05, 0) is 20.8 Å². The van der Waals surface area contributed by atoms with Crippen LogP contribution in [0.5, 0.6) is 0 Å². The Morgan fingerprint density at radius 2 is 1.32 bits per heavy atom. The molecule has 0 spiro atoms. The Kier molecular flexibility index (Phi) is 42.1. The first-order valence-electron chi connectivity index (χ1n) is 6.42. The molecule has 120 valence electrons. The maximum absolute atomic E-state index is 5.10. The zero-order valence-corrected chi connectivity index (χ0v) is 13.2. The molecule has 1 aromatic heterocycles. The Hall–Kier alpha value is -0.830. The molecule has 0 fully saturated rings. The molecular formula is C16H39NO2. The van der Waals surface area contributed by atoms with Gasteiger partial charge in [-0.2, -0.15) is 0 Å². The average molecular weight is 277 g/mol. The second-order valence-corrected chi connectivity index (χ2v) is 3.16. The van der Waals surface area contributed by atoms with Crippen molar-refractivity contribution in [2.75, 3.05) is 13.7 Å². The number of methoxy groups -OCH3 is 1. The van der Waals surface area contributed by atoms with Gasteiger partial charge in [0.05, 0.1) is 5.69 Å². The molecule has 0 saturated heterocycles. The third-order valence-electron chi connectivity index (χ3n) is 1.42. The zero-order chi connectivity index (χ0) is 14.3. The fourth-order valence-corrected chi connectivity index (χ4v) is 0.633. The Morgan fingerprint density at radius 3 is 1.37 bits per heavy atom. The number of rotatable bonds is 1. The number of nitrogens with zero attached hydrogens (tertiary/aromatic N) is 1. The molecule has 1 rings (SSSR count). The van der Waals surface area contributed by atoms with Crippen LogP contribution in [0, 0.1) is 20.8 Å². The standard InChI is InChI=1S/C6H9NO.C3H8O.C3H8.C2H6.2CH4/c1-4-5(2)8-6(3)7-4;1-3-4-2;1-3-2;1-2;;/h1-3H3;3H2,1-2H3;3H2,1-2H3;1-2H3;2*1H4. The summed E-state index contributed by atoms with van der Waals surface area (Å²) in [6.45, 7) is 16.7. The van der Waals surface area contributed by atoms with Crippen molar-refractivity contribution in [3.63, 3.8) is 0 Å². The van der Waals surface area contributed by atoms with Crippen molar-refractivity contribution in [2.45, 2.75) is 76.7 Å². The van der Waals surface area contributed by atoms with Crippen molar-refractivity contribution in [1.29, 1.82) is 0 Å². The summed E-state index contributed by atoms with van der Waals surface area (Å²) < 4.78 is 9.64. The van der Waals surface area contributed by atoms with E-state index in [1.165, 1.54) is 6.42 Å². The van der Waals surface area contributed by atoms with E-state index < -0.39 is 0 Å². The topological polar surface area (TPSA) is 35.3 Å². The zero-order valence-electron chi connectivity index (χ0n) is 13.2. The second kappa shape index (κ2) is 25.9. The molecule has 1 heterocycles. The van der Waals surface area contributed by atoms with Crippen LogP contribution < -0.4 is 0 Å². The number of aryl methyl sites for hydroxylation is 3. The summed E-state index contributed by atoms with van der Waals surface area (Å²) in [6.07, 6.45) is 1.25. The van der Waals surface area contributed by atoms with E-state index in [0.29, 0.717) is 0 Å². The summed E-state index contributed by atoms with van der Waals surface area (Å²) >= 11 is 0. The number of ether oxygens (including phenoxy) is 1. The highest BCUT2D eigenvalue weighted by atomic mass is 16.5. The van der Waals surface area contributed by atoms with E-state index in [4.69, 9.17) is 4.42 Å². The van der Waals surface area contributed by atoms with Gasteiger partial charge in [0.15, 0.2) is 5.89 Å². The molecule has 0 aliphatic carbocycles. The molecule has 0 saturated carbocycles. The average Bonchev–Trinajstić information content (AvgIpc) is 2.60. The van der Waals surface area contributed by atoms with Crippen molar-refractivity contribution in [2.24, 2.45) is 0 Å². The number of hydrogen-bond acceptors (Lipinski definition) is 3. The lowest BCUT2D eigenvalue weighted by atomic mass is 10.4. The smallest absolute Gasteiger partial charge is 0.191 e. The van der Waals surface area contributed by atoms with Crippen LogP contribution in [-0.4, -0.2) is 18.7 Å². The van der Waals surface area contributed by atoms with Crippen LogP contribution in [0.1, 0.15) is 73.2 Å². The molecule has 19 heavy (non-hydrogen) atoms. The molecule has 0 unspecified atom stereocenters. The van der Waals surface area contributed by atoms with Gasteiger partial charge in [-0.25, -0.2) is 4.98 Å². The van der Waals surface area contributed by atoms with Gasteiger partial charge in [-0.1, -0.05) is 49.0 Å². The van der Waals surface area contributed by atoms with E-state index in [0.717, 1.165) is 24.0 Å². The van der Waals surface area contributed by atoms with Gasteiger partial charge in [0, 0.05) is 20.6 Å². The minimum absolute atomic E-state index is 0. The molecular weight excluding hydrogens is 238 g/mol. The second-order valence-electron chi connectivity index (χ2n) is 3.16. The van der Waals surface area contributed by atoms with Crippen LogP contribution in [-0.2, 0) is 4.74 Å². The van der Waals surface area contributed by atoms with Crippen molar-refractivity contribution in [3.8, 4) is 0 Å². The summed E-state index contributed by atoms with van der Waals surface area (Å²) in [6, 6.07) is 0. The SMILES string of the molecule is C.C.CC.CCC.CCOC.Cc1nc(C)c(C)o1. The Morgan fingerprint density at radius 1 is 1.00 bits per heavy atom. The molecule has 3 heteroatoms. The molecule has 0 aliphatic heterocycles. The summed E-state index contributed by atoms with van der Waals surface area (Å²) in [5.74, 6) is 1.67. The van der Waals surface area contributed by atoms with E-state index in [2.05, 4.69) is 23.6 Å². The van der Waals surface area contributed by atoms with E-state index in [9.17, 15) is 0 Å². The van der Waals surface area contributed by atoms with Crippen LogP contribution in [0.15, 0.2) is 4.42 Å². The van der Waals surface area contributed by atoms with Crippen LogP contribution in [0.2, 0.25) is 0 Å². The number of aromatic nitrogens is 1.